The normalized spacial score (nSPS) is 21.2. The van der Waals surface area contributed by atoms with E-state index in [-0.39, 0.29) is 17.8 Å². The molecule has 1 rings (SSSR count). The number of rotatable bonds is 4. The predicted molar refractivity (Wildman–Crippen MR) is 67.6 cm³/mol. The molecule has 0 aliphatic heterocycles. The highest BCUT2D eigenvalue weighted by Gasteiger charge is 2.33. The minimum Gasteiger partial charge on any atom is -0.466 e. The second-order valence-corrected chi connectivity index (χ2v) is 5.46. The van der Waals surface area contributed by atoms with Crippen LogP contribution >= 0.6 is 0 Å². The molecular weight excluding hydrogens is 216 g/mol. The van der Waals surface area contributed by atoms with Crippen molar-refractivity contribution in [3.63, 3.8) is 0 Å². The number of carbonyl (C=O) groups excluding carboxylic acids is 1. The zero-order valence-electron chi connectivity index (χ0n) is 11.4. The fourth-order valence-electron chi connectivity index (χ4n) is 2.86. The number of allylic oxidation sites excluding steroid dienone is 1. The van der Waals surface area contributed by atoms with Gasteiger partial charge >= 0.3 is 5.97 Å². The fraction of sp³-hybridized carbons (Fsp3) is 0.786. The van der Waals surface area contributed by atoms with E-state index in [0.29, 0.717) is 6.61 Å². The Bertz CT molecular complexity index is 315. The molecule has 0 amide bonds. The number of carbonyl (C=O) groups is 1. The first-order chi connectivity index (χ1) is 7.88. The van der Waals surface area contributed by atoms with Gasteiger partial charge in [-0.1, -0.05) is 19.4 Å². The van der Waals surface area contributed by atoms with E-state index < -0.39 is 6.10 Å². The van der Waals surface area contributed by atoms with Gasteiger partial charge in [0.1, 0.15) is 0 Å². The molecule has 1 atom stereocenters. The van der Waals surface area contributed by atoms with Crippen molar-refractivity contribution >= 4 is 5.97 Å². The summed E-state index contributed by atoms with van der Waals surface area (Å²) in [5.41, 5.74) is 2.27. The minimum atomic E-state index is -0.690. The van der Waals surface area contributed by atoms with Crippen LogP contribution in [0.2, 0.25) is 0 Å². The van der Waals surface area contributed by atoms with E-state index in [1.807, 2.05) is 0 Å². The van der Waals surface area contributed by atoms with Gasteiger partial charge < -0.3 is 9.84 Å². The van der Waals surface area contributed by atoms with Crippen molar-refractivity contribution in [2.24, 2.45) is 5.41 Å². The zero-order chi connectivity index (χ0) is 13.1. The highest BCUT2D eigenvalue weighted by atomic mass is 16.5. The van der Waals surface area contributed by atoms with Gasteiger partial charge in [-0.25, -0.2) is 0 Å². The van der Waals surface area contributed by atoms with Gasteiger partial charge in [0.2, 0.25) is 0 Å². The van der Waals surface area contributed by atoms with E-state index in [2.05, 4.69) is 20.8 Å². The number of hydrogen-bond donors (Lipinski definition) is 1. The van der Waals surface area contributed by atoms with Crippen LogP contribution in [0.15, 0.2) is 11.1 Å². The van der Waals surface area contributed by atoms with Crippen molar-refractivity contribution in [2.75, 3.05) is 6.61 Å². The monoisotopic (exact) mass is 240 g/mol. The standard InChI is InChI=1S/C14H24O3/c1-5-17-12(16)9-11(15)13-10(2)7-6-8-14(13,3)4/h11,15H,5-9H2,1-4H3. The maximum Gasteiger partial charge on any atom is 0.308 e. The second-order valence-electron chi connectivity index (χ2n) is 5.46. The van der Waals surface area contributed by atoms with Gasteiger partial charge in [0, 0.05) is 0 Å². The summed E-state index contributed by atoms with van der Waals surface area (Å²) in [6, 6.07) is 0. The van der Waals surface area contributed by atoms with Gasteiger partial charge in [0.25, 0.3) is 0 Å². The molecule has 0 aromatic heterocycles. The Hall–Kier alpha value is -0.830. The van der Waals surface area contributed by atoms with Crippen LogP contribution in [-0.2, 0) is 9.53 Å². The molecule has 0 heterocycles. The Morgan fingerprint density at radius 2 is 2.18 bits per heavy atom. The SMILES string of the molecule is CCOC(=O)CC(O)C1=C(C)CCCC1(C)C. The van der Waals surface area contributed by atoms with Crippen LogP contribution in [0.5, 0.6) is 0 Å². The third-order valence-electron chi connectivity index (χ3n) is 3.54. The topological polar surface area (TPSA) is 46.5 Å². The first-order valence-corrected chi connectivity index (χ1v) is 6.42. The molecule has 1 N–H and O–H groups in total. The van der Waals surface area contributed by atoms with E-state index in [4.69, 9.17) is 4.74 Å². The van der Waals surface area contributed by atoms with Crippen molar-refractivity contribution < 1.29 is 14.6 Å². The molecule has 3 nitrogen and oxygen atoms in total. The Labute approximate surface area is 104 Å². The molecule has 0 fully saturated rings. The average molecular weight is 240 g/mol. The van der Waals surface area contributed by atoms with Gasteiger partial charge in [-0.05, 0) is 44.1 Å². The summed E-state index contributed by atoms with van der Waals surface area (Å²) in [6.07, 6.45) is 2.64. The van der Waals surface area contributed by atoms with Gasteiger partial charge in [-0.15, -0.1) is 0 Å². The van der Waals surface area contributed by atoms with E-state index in [1.165, 1.54) is 5.57 Å². The first kappa shape index (κ1) is 14.2. The smallest absolute Gasteiger partial charge is 0.308 e. The second kappa shape index (κ2) is 5.67. The lowest BCUT2D eigenvalue weighted by Crippen LogP contribution is -2.31. The van der Waals surface area contributed by atoms with E-state index in [0.717, 1.165) is 24.8 Å². The van der Waals surface area contributed by atoms with Gasteiger partial charge in [0.05, 0.1) is 19.1 Å². The van der Waals surface area contributed by atoms with Crippen LogP contribution in [0.4, 0.5) is 0 Å². The molecule has 0 aromatic carbocycles. The van der Waals surface area contributed by atoms with Crippen LogP contribution < -0.4 is 0 Å². The molecule has 3 heteroatoms. The molecule has 0 saturated heterocycles. The minimum absolute atomic E-state index is 0.00571. The van der Waals surface area contributed by atoms with Crippen molar-refractivity contribution in [2.45, 2.75) is 59.5 Å². The molecule has 1 aliphatic rings. The van der Waals surface area contributed by atoms with Crippen molar-refractivity contribution in [3.05, 3.63) is 11.1 Å². The summed E-state index contributed by atoms with van der Waals surface area (Å²) in [6.45, 7) is 8.48. The van der Waals surface area contributed by atoms with Crippen molar-refractivity contribution in [1.82, 2.24) is 0 Å². The van der Waals surface area contributed by atoms with E-state index in [9.17, 15) is 9.90 Å². The third-order valence-corrected chi connectivity index (χ3v) is 3.54. The Balaban J connectivity index is 2.78. The Kier molecular flexibility index (Phi) is 4.75. The van der Waals surface area contributed by atoms with Gasteiger partial charge in [0.15, 0.2) is 0 Å². The summed E-state index contributed by atoms with van der Waals surface area (Å²) in [4.78, 5) is 11.4. The molecule has 17 heavy (non-hydrogen) atoms. The quantitative estimate of drug-likeness (QED) is 0.607. The summed E-state index contributed by atoms with van der Waals surface area (Å²) in [5, 5.41) is 10.2. The van der Waals surface area contributed by atoms with Crippen molar-refractivity contribution in [1.29, 1.82) is 0 Å². The zero-order valence-corrected chi connectivity index (χ0v) is 11.4. The first-order valence-electron chi connectivity index (χ1n) is 6.42. The third kappa shape index (κ3) is 3.56. The number of aliphatic hydroxyl groups is 1. The summed E-state index contributed by atoms with van der Waals surface area (Å²) in [5.74, 6) is -0.318. The molecule has 0 radical (unpaired) electrons. The maximum absolute atomic E-state index is 11.4. The average Bonchev–Trinajstić information content (AvgIpc) is 2.15. The maximum atomic E-state index is 11.4. The molecule has 0 spiro atoms. The highest BCUT2D eigenvalue weighted by Crippen LogP contribution is 2.42. The van der Waals surface area contributed by atoms with Gasteiger partial charge in [-0.3, -0.25) is 4.79 Å². The lowest BCUT2D eigenvalue weighted by atomic mass is 9.70. The van der Waals surface area contributed by atoms with Crippen LogP contribution in [0.25, 0.3) is 0 Å². The molecule has 0 bridgehead atoms. The Morgan fingerprint density at radius 1 is 1.53 bits per heavy atom. The number of esters is 1. The summed E-state index contributed by atoms with van der Waals surface area (Å²) < 4.78 is 4.89. The van der Waals surface area contributed by atoms with Crippen LogP contribution in [-0.4, -0.2) is 23.8 Å². The largest absolute Gasteiger partial charge is 0.466 e. The van der Waals surface area contributed by atoms with Crippen molar-refractivity contribution in [3.8, 4) is 0 Å². The van der Waals surface area contributed by atoms with E-state index >= 15 is 0 Å². The lowest BCUT2D eigenvalue weighted by Gasteiger charge is -2.37. The number of aliphatic hydroxyl groups excluding tert-OH is 1. The molecule has 98 valence electrons. The molecular formula is C14H24O3. The molecule has 0 aromatic rings. The van der Waals surface area contributed by atoms with Crippen LogP contribution in [0.1, 0.15) is 53.4 Å². The van der Waals surface area contributed by atoms with Gasteiger partial charge in [-0.2, -0.15) is 0 Å². The summed E-state index contributed by atoms with van der Waals surface area (Å²) in [7, 11) is 0. The van der Waals surface area contributed by atoms with E-state index in [1.54, 1.807) is 6.92 Å². The number of hydrogen-bond acceptors (Lipinski definition) is 3. The molecule has 0 saturated carbocycles. The highest BCUT2D eigenvalue weighted by molar-refractivity contribution is 5.70. The summed E-state index contributed by atoms with van der Waals surface area (Å²) >= 11 is 0. The Morgan fingerprint density at radius 3 is 2.71 bits per heavy atom. The van der Waals surface area contributed by atoms with Crippen LogP contribution in [0.3, 0.4) is 0 Å². The predicted octanol–water partition coefficient (Wildman–Crippen LogP) is 2.83. The molecule has 1 unspecified atom stereocenters. The lowest BCUT2D eigenvalue weighted by molar-refractivity contribution is -0.144. The van der Waals surface area contributed by atoms with Crippen LogP contribution in [0, 0.1) is 5.41 Å². The fourth-order valence-corrected chi connectivity index (χ4v) is 2.86. The molecule has 1 aliphatic carbocycles. The number of ether oxygens (including phenoxy) is 1.